The van der Waals surface area contributed by atoms with Gasteiger partial charge in [0.2, 0.25) is 5.91 Å². The molecule has 91 heavy (non-hydrogen) atoms. The van der Waals surface area contributed by atoms with E-state index >= 15 is 0 Å². The maximum Gasteiger partial charge on any atom is 0.472 e. The second-order valence-electron chi connectivity index (χ2n) is 24.8. The molecule has 17 atom stereocenters. The number of carbonyl (C=O) groups is 3. The average Bonchev–Trinajstić information content (AvgIpc) is 0.836. The monoisotopic (exact) mass is 1330 g/mol. The minimum Gasteiger partial charge on any atom is -0.462 e. The number of ether oxygens (including phenoxy) is 8. The van der Waals surface area contributed by atoms with E-state index in [0.29, 0.717) is 38.5 Å². The Kier molecular flexibility index (Phi) is 45.9. The molecule has 0 spiro atoms. The smallest absolute Gasteiger partial charge is 0.462 e. The van der Waals surface area contributed by atoms with Crippen molar-refractivity contribution in [3.8, 4) is 0 Å². The summed E-state index contributed by atoms with van der Waals surface area (Å²) in [6.07, 6.45) is 8.65. The maximum absolute atomic E-state index is 12.9. The molecule has 3 aliphatic rings. The minimum absolute atomic E-state index is 0.0315. The van der Waals surface area contributed by atoms with Gasteiger partial charge in [0.1, 0.15) is 79.9 Å². The lowest BCUT2D eigenvalue weighted by Gasteiger charge is -2.46. The fraction of sp³-hybridized carbons (Fsp3) is 0.953. The molecule has 12 N–H and O–H groups in total. The van der Waals surface area contributed by atoms with Crippen molar-refractivity contribution in [2.24, 2.45) is 0 Å². The molecule has 0 aromatic rings. The number of unbranched alkanes of at least 4 members (excludes halogenated alkanes) is 29. The molecule has 27 heteroatoms. The number of phosphoric acid groups is 1. The molecule has 0 aromatic carbocycles. The van der Waals surface area contributed by atoms with Crippen LogP contribution >= 0.6 is 7.82 Å². The van der Waals surface area contributed by atoms with Crippen LogP contribution in [0.4, 0.5) is 0 Å². The van der Waals surface area contributed by atoms with Crippen LogP contribution < -0.4 is 5.32 Å². The largest absolute Gasteiger partial charge is 0.472 e. The summed E-state index contributed by atoms with van der Waals surface area (Å²) in [7, 11) is -4.68. The van der Waals surface area contributed by atoms with Crippen LogP contribution in [0.5, 0.6) is 0 Å². The number of nitrogens with one attached hydrogen (secondary N) is 1. The van der Waals surface area contributed by atoms with E-state index in [1.54, 1.807) is 0 Å². The number of esters is 2. The summed E-state index contributed by atoms with van der Waals surface area (Å²) in [5.74, 6) is -1.28. The standard InChI is InChI=1S/C64H120NO25P/c1-3-5-7-9-11-13-15-17-19-21-23-28-32-36-51(69)82-43-46(86-52(70)37-33-29-24-22-20-18-16-14-12-10-8-6-4-2)44-85-91(79,80)84-40-38-65-50(68)35-31-27-25-26-30-34-39-81-63-60(78)61(90-64-59(77)57(75)54(72)48(42-67)88-64)55(73)49(89-63)45-83-62-58(76)56(74)53(71)47(41-66)87-62/h46-49,53-64,66-67,71-78H,3-45H2,1-2H3,(H,65,68)(H,79,80)/t46?,47-,48-,49-,53-,54-,55-,56+,57+,58+,59+,60+,61+,62+,63+,64-/m1/s1. The number of rotatable bonds is 55. The van der Waals surface area contributed by atoms with Gasteiger partial charge in [0, 0.05) is 32.4 Å². The Balaban J connectivity index is 1.36. The first-order valence-electron chi connectivity index (χ1n) is 34.6. The van der Waals surface area contributed by atoms with Crippen LogP contribution in [-0.4, -0.2) is 225 Å². The van der Waals surface area contributed by atoms with Crippen LogP contribution in [0.3, 0.4) is 0 Å². The summed E-state index contributed by atoms with van der Waals surface area (Å²) in [6.45, 7) is 1.02. The first kappa shape index (κ1) is 83.1. The van der Waals surface area contributed by atoms with Crippen molar-refractivity contribution in [2.45, 2.75) is 337 Å². The van der Waals surface area contributed by atoms with E-state index in [2.05, 4.69) is 19.2 Å². The second-order valence-corrected chi connectivity index (χ2v) is 26.3. The van der Waals surface area contributed by atoms with Crippen molar-refractivity contribution in [1.29, 1.82) is 0 Å². The van der Waals surface area contributed by atoms with E-state index < -0.39 is 144 Å². The molecule has 0 bridgehead atoms. The summed E-state index contributed by atoms with van der Waals surface area (Å²) < 4.78 is 68.1. The molecular formula is C64H120NO25P. The number of hydrogen-bond donors (Lipinski definition) is 12. The zero-order valence-electron chi connectivity index (χ0n) is 54.7. The number of aliphatic hydroxyl groups is 10. The number of phosphoric ester groups is 1. The molecule has 536 valence electrons. The van der Waals surface area contributed by atoms with Gasteiger partial charge in [0.25, 0.3) is 0 Å². The summed E-state index contributed by atoms with van der Waals surface area (Å²) >= 11 is 0. The molecule has 3 aliphatic heterocycles. The molecule has 3 heterocycles. The number of carbonyl (C=O) groups excluding carboxylic acids is 3. The fourth-order valence-corrected chi connectivity index (χ4v) is 12.0. The Hall–Kier alpha value is -2.12. The van der Waals surface area contributed by atoms with Crippen molar-refractivity contribution in [3.05, 3.63) is 0 Å². The topological polar surface area (TPSA) is 395 Å². The van der Waals surface area contributed by atoms with Crippen molar-refractivity contribution in [2.75, 3.05) is 52.8 Å². The van der Waals surface area contributed by atoms with Crippen molar-refractivity contribution in [1.82, 2.24) is 5.32 Å². The van der Waals surface area contributed by atoms with Gasteiger partial charge in [-0.3, -0.25) is 23.4 Å². The van der Waals surface area contributed by atoms with Crippen LogP contribution in [0.25, 0.3) is 0 Å². The second kappa shape index (κ2) is 50.3. The summed E-state index contributed by atoms with van der Waals surface area (Å²) in [4.78, 5) is 48.7. The van der Waals surface area contributed by atoms with Gasteiger partial charge in [0.15, 0.2) is 25.0 Å². The van der Waals surface area contributed by atoms with Gasteiger partial charge < -0.3 is 99.2 Å². The van der Waals surface area contributed by atoms with Crippen LogP contribution in [0, 0.1) is 0 Å². The van der Waals surface area contributed by atoms with Crippen molar-refractivity contribution in [3.63, 3.8) is 0 Å². The Morgan fingerprint density at radius 1 is 0.440 bits per heavy atom. The molecule has 0 aromatic heterocycles. The van der Waals surface area contributed by atoms with Gasteiger partial charge in [-0.2, -0.15) is 0 Å². The molecule has 1 amide bonds. The summed E-state index contributed by atoms with van der Waals surface area (Å²) in [6, 6.07) is 0. The lowest BCUT2D eigenvalue weighted by atomic mass is 9.96. The molecule has 3 saturated heterocycles. The maximum atomic E-state index is 12.9. The number of hydrogen-bond acceptors (Lipinski definition) is 24. The van der Waals surface area contributed by atoms with Gasteiger partial charge >= 0.3 is 19.8 Å². The van der Waals surface area contributed by atoms with Crippen molar-refractivity contribution < 1.29 is 122 Å². The third kappa shape index (κ3) is 35.1. The van der Waals surface area contributed by atoms with Gasteiger partial charge in [0.05, 0.1) is 33.0 Å². The van der Waals surface area contributed by atoms with Gasteiger partial charge in [-0.15, -0.1) is 0 Å². The molecule has 26 nitrogen and oxygen atoms in total. The molecule has 0 saturated carbocycles. The third-order valence-corrected chi connectivity index (χ3v) is 17.9. The molecular weight excluding hydrogens is 1210 g/mol. The van der Waals surface area contributed by atoms with E-state index in [9.17, 15) is 74.9 Å². The van der Waals surface area contributed by atoms with Crippen molar-refractivity contribution >= 4 is 25.7 Å². The minimum atomic E-state index is -4.68. The zero-order chi connectivity index (χ0) is 66.7. The van der Waals surface area contributed by atoms with E-state index in [1.807, 2.05) is 0 Å². The number of amides is 1. The van der Waals surface area contributed by atoms with Crippen LogP contribution in [-0.2, 0) is 65.9 Å². The Labute approximate surface area is 540 Å². The average molecular weight is 1330 g/mol. The number of aliphatic hydroxyl groups excluding tert-OH is 10. The van der Waals surface area contributed by atoms with Crippen LogP contribution in [0.1, 0.15) is 239 Å². The molecule has 2 unspecified atom stereocenters. The first-order chi connectivity index (χ1) is 43.9. The predicted molar refractivity (Wildman–Crippen MR) is 334 cm³/mol. The Morgan fingerprint density at radius 3 is 1.35 bits per heavy atom. The molecule has 0 aliphatic carbocycles. The highest BCUT2D eigenvalue weighted by Crippen LogP contribution is 2.43. The van der Waals surface area contributed by atoms with Crippen LogP contribution in [0.15, 0.2) is 0 Å². The predicted octanol–water partition coefficient (Wildman–Crippen LogP) is 5.85. The first-order valence-corrected chi connectivity index (χ1v) is 36.1. The lowest BCUT2D eigenvalue weighted by Crippen LogP contribution is -2.65. The van der Waals surface area contributed by atoms with E-state index in [1.165, 1.54) is 116 Å². The zero-order valence-corrected chi connectivity index (χ0v) is 55.6. The van der Waals surface area contributed by atoms with Gasteiger partial charge in [-0.25, -0.2) is 4.57 Å². The summed E-state index contributed by atoms with van der Waals surface area (Å²) in [5.41, 5.74) is 0. The van der Waals surface area contributed by atoms with Gasteiger partial charge in [-0.05, 0) is 25.7 Å². The molecule has 3 rings (SSSR count). The van der Waals surface area contributed by atoms with E-state index in [0.717, 1.165) is 51.4 Å². The fourth-order valence-electron chi connectivity index (χ4n) is 11.2. The van der Waals surface area contributed by atoms with Gasteiger partial charge in [-0.1, -0.05) is 194 Å². The normalized spacial score (nSPS) is 27.9. The SMILES string of the molecule is CCCCCCCCCCCCCCCC(=O)OCC(COP(=O)(O)OCCNC(=O)CCCCCCCCO[C@H]1O[C@H](CO[C@H]2O[C@H](CO)[C@@H](O)[C@H](O)[C@@H]2O)[C@@H](O)[C@H](O[C@H]2O[C@H](CO)[C@@H](O)[C@H](O)[C@@H]2O)[C@@H]1O)OC(=O)CCCCCCCCCCCCCCC. The highest BCUT2D eigenvalue weighted by atomic mass is 31.2. The highest BCUT2D eigenvalue weighted by Gasteiger charge is 2.52. The summed E-state index contributed by atoms with van der Waals surface area (Å²) in [5, 5.41) is 107. The Morgan fingerprint density at radius 2 is 0.857 bits per heavy atom. The quantitative estimate of drug-likeness (QED) is 0.0193. The molecule has 0 radical (unpaired) electrons. The molecule has 3 fully saturated rings. The lowest BCUT2D eigenvalue weighted by molar-refractivity contribution is -0.366. The van der Waals surface area contributed by atoms with E-state index in [4.69, 9.17) is 46.9 Å². The van der Waals surface area contributed by atoms with Crippen LogP contribution in [0.2, 0.25) is 0 Å². The van der Waals surface area contributed by atoms with E-state index in [-0.39, 0.29) is 51.5 Å². The Bertz CT molecular complexity index is 1900. The highest BCUT2D eigenvalue weighted by molar-refractivity contribution is 7.47. The third-order valence-electron chi connectivity index (χ3n) is 16.9.